The van der Waals surface area contributed by atoms with Crippen LogP contribution in [0.5, 0.6) is 0 Å². The summed E-state index contributed by atoms with van der Waals surface area (Å²) in [5.41, 5.74) is 1.39. The van der Waals surface area contributed by atoms with E-state index in [4.69, 9.17) is 0 Å². The lowest BCUT2D eigenvalue weighted by atomic mass is 9.95. The molecule has 1 aliphatic carbocycles. The highest BCUT2D eigenvalue weighted by atomic mass is 32.2. The molecule has 1 aromatic heterocycles. The lowest BCUT2D eigenvalue weighted by Gasteiger charge is -2.26. The third kappa shape index (κ3) is 4.87. The highest BCUT2D eigenvalue weighted by Gasteiger charge is 2.36. The van der Waals surface area contributed by atoms with Gasteiger partial charge in [-0.3, -0.25) is 0 Å². The smallest absolute Gasteiger partial charge is 0.311 e. The number of benzene rings is 2. The minimum atomic E-state index is -4.52. The Morgan fingerprint density at radius 1 is 1.00 bits per heavy atom. The molecule has 0 bridgehead atoms. The molecule has 4 rings (SSSR count). The molecule has 0 saturated heterocycles. The van der Waals surface area contributed by atoms with E-state index in [0.29, 0.717) is 23.3 Å². The third-order valence-corrected chi connectivity index (χ3v) is 6.60. The molecule has 7 heteroatoms. The van der Waals surface area contributed by atoms with Crippen LogP contribution in [0.4, 0.5) is 24.8 Å². The minimum Gasteiger partial charge on any atom is -0.311 e. The lowest BCUT2D eigenvalue weighted by molar-refractivity contribution is -0.140. The van der Waals surface area contributed by atoms with Crippen molar-refractivity contribution in [3.8, 4) is 0 Å². The fourth-order valence-electron chi connectivity index (χ4n) is 4.09. The van der Waals surface area contributed by atoms with Crippen LogP contribution in [0, 0.1) is 0 Å². The van der Waals surface area contributed by atoms with Crippen LogP contribution in [0.2, 0.25) is 0 Å². The first kappa shape index (κ1) is 21.7. The topological polar surface area (TPSA) is 29.0 Å². The average molecular weight is 444 g/mol. The predicted molar refractivity (Wildman–Crippen MR) is 118 cm³/mol. The number of para-hydroxylation sites is 1. The fourth-order valence-corrected chi connectivity index (χ4v) is 5.02. The van der Waals surface area contributed by atoms with Gasteiger partial charge in [-0.15, -0.1) is 0 Å². The Balaban J connectivity index is 1.76. The summed E-state index contributed by atoms with van der Waals surface area (Å²) in [6.45, 7) is 2.53. The Morgan fingerprint density at radius 2 is 1.68 bits per heavy atom. The summed E-state index contributed by atoms with van der Waals surface area (Å²) in [5, 5.41) is -0.0829. The van der Waals surface area contributed by atoms with Crippen molar-refractivity contribution in [1.82, 2.24) is 9.97 Å². The van der Waals surface area contributed by atoms with Gasteiger partial charge in [0.05, 0.1) is 0 Å². The second-order valence-electron chi connectivity index (χ2n) is 7.59. The van der Waals surface area contributed by atoms with Gasteiger partial charge in [-0.1, -0.05) is 61.0 Å². The van der Waals surface area contributed by atoms with Crippen LogP contribution in [0.1, 0.15) is 49.7 Å². The van der Waals surface area contributed by atoms with Gasteiger partial charge >= 0.3 is 6.18 Å². The van der Waals surface area contributed by atoms with Crippen molar-refractivity contribution in [3.05, 3.63) is 71.9 Å². The molecular weight excluding hydrogens is 419 g/mol. The molecule has 0 atom stereocenters. The highest BCUT2D eigenvalue weighted by molar-refractivity contribution is 7.99. The predicted octanol–water partition coefficient (Wildman–Crippen LogP) is 7.46. The van der Waals surface area contributed by atoms with Gasteiger partial charge in [0, 0.05) is 23.3 Å². The lowest BCUT2D eigenvalue weighted by Crippen LogP contribution is -2.22. The molecule has 1 fully saturated rings. The van der Waals surface area contributed by atoms with Crippen molar-refractivity contribution < 1.29 is 13.2 Å². The van der Waals surface area contributed by atoms with Crippen LogP contribution >= 0.6 is 11.8 Å². The van der Waals surface area contributed by atoms with Gasteiger partial charge in [0.25, 0.3) is 0 Å². The van der Waals surface area contributed by atoms with Crippen LogP contribution in [-0.2, 0) is 6.18 Å². The van der Waals surface area contributed by atoms with Crippen molar-refractivity contribution in [1.29, 1.82) is 0 Å². The molecule has 162 valence electrons. The Labute approximate surface area is 184 Å². The van der Waals surface area contributed by atoms with E-state index in [1.54, 1.807) is 24.3 Å². The first-order valence-corrected chi connectivity index (χ1v) is 11.3. The van der Waals surface area contributed by atoms with E-state index < -0.39 is 11.7 Å². The summed E-state index contributed by atoms with van der Waals surface area (Å²) in [6, 6.07) is 17.1. The second kappa shape index (κ2) is 9.30. The molecule has 2 aromatic carbocycles. The third-order valence-electron chi connectivity index (χ3n) is 5.58. The van der Waals surface area contributed by atoms with Gasteiger partial charge in [0.15, 0.2) is 0 Å². The number of anilines is 2. The van der Waals surface area contributed by atoms with Crippen LogP contribution in [0.15, 0.2) is 70.7 Å². The molecule has 1 aliphatic rings. The van der Waals surface area contributed by atoms with Crippen LogP contribution in [0.25, 0.3) is 0 Å². The zero-order chi connectivity index (χ0) is 21.8. The molecule has 3 aromatic rings. The van der Waals surface area contributed by atoms with Crippen LogP contribution in [-0.4, -0.2) is 16.5 Å². The zero-order valence-electron chi connectivity index (χ0n) is 17.3. The van der Waals surface area contributed by atoms with Gasteiger partial charge in [-0.2, -0.15) is 13.2 Å². The first-order valence-electron chi connectivity index (χ1n) is 10.5. The second-order valence-corrected chi connectivity index (χ2v) is 8.65. The Morgan fingerprint density at radius 3 is 2.35 bits per heavy atom. The van der Waals surface area contributed by atoms with Gasteiger partial charge in [0.2, 0.25) is 5.95 Å². The number of rotatable bonds is 6. The summed E-state index contributed by atoms with van der Waals surface area (Å²) in [7, 11) is 0. The largest absolute Gasteiger partial charge is 0.420 e. The van der Waals surface area contributed by atoms with E-state index in [1.165, 1.54) is 18.4 Å². The van der Waals surface area contributed by atoms with E-state index in [-0.39, 0.29) is 5.03 Å². The molecule has 1 heterocycles. The van der Waals surface area contributed by atoms with Crippen molar-refractivity contribution in [2.45, 2.75) is 54.6 Å². The Bertz CT molecular complexity index is 1020. The molecule has 0 N–H and O–H groups in total. The summed E-state index contributed by atoms with van der Waals surface area (Å²) < 4.78 is 41.0. The number of nitrogens with zero attached hydrogens (tertiary/aromatic N) is 3. The van der Waals surface area contributed by atoms with E-state index in [2.05, 4.69) is 16.0 Å². The van der Waals surface area contributed by atoms with Crippen LogP contribution in [0.3, 0.4) is 0 Å². The number of hydrogen-bond donors (Lipinski definition) is 0. The van der Waals surface area contributed by atoms with E-state index in [1.807, 2.05) is 36.1 Å². The Kier molecular flexibility index (Phi) is 6.51. The van der Waals surface area contributed by atoms with E-state index in [9.17, 15) is 13.2 Å². The van der Waals surface area contributed by atoms with Crippen molar-refractivity contribution in [2.75, 3.05) is 11.4 Å². The molecule has 31 heavy (non-hydrogen) atoms. The number of alkyl halides is 3. The molecule has 0 amide bonds. The summed E-state index contributed by atoms with van der Waals surface area (Å²) in [5.74, 6) is 0.761. The van der Waals surface area contributed by atoms with E-state index in [0.717, 1.165) is 36.5 Å². The standard InChI is InChI=1S/C24H24F3N3S/c1-2-30(21-15-9-8-14-19(21)17-10-6-7-11-17)23-28-16-20(24(25,26)27)22(29-23)31-18-12-4-3-5-13-18/h3-5,8-9,12-17H,2,6-7,10-11H2,1H3. The normalized spacial score (nSPS) is 14.7. The van der Waals surface area contributed by atoms with Crippen molar-refractivity contribution in [2.24, 2.45) is 0 Å². The summed E-state index contributed by atoms with van der Waals surface area (Å²) in [6.07, 6.45) is 1.08. The summed E-state index contributed by atoms with van der Waals surface area (Å²) >= 11 is 1.01. The zero-order valence-corrected chi connectivity index (χ0v) is 18.1. The fraction of sp³-hybridized carbons (Fsp3) is 0.333. The van der Waals surface area contributed by atoms with Crippen molar-refractivity contribution in [3.63, 3.8) is 0 Å². The van der Waals surface area contributed by atoms with Gasteiger partial charge in [-0.05, 0) is 49.4 Å². The monoisotopic (exact) mass is 443 g/mol. The maximum Gasteiger partial charge on any atom is 0.420 e. The quantitative estimate of drug-likeness (QED) is 0.370. The average Bonchev–Trinajstić information content (AvgIpc) is 3.30. The van der Waals surface area contributed by atoms with E-state index >= 15 is 0 Å². The SMILES string of the molecule is CCN(c1ncc(C(F)(F)F)c(Sc2ccccc2)n1)c1ccccc1C1CCCC1. The minimum absolute atomic E-state index is 0.0829. The molecule has 1 saturated carbocycles. The molecule has 3 nitrogen and oxygen atoms in total. The maximum absolute atomic E-state index is 13.7. The van der Waals surface area contributed by atoms with Gasteiger partial charge in [-0.25, -0.2) is 9.97 Å². The first-order chi connectivity index (χ1) is 15.0. The number of aromatic nitrogens is 2. The number of hydrogen-bond acceptors (Lipinski definition) is 4. The Hall–Kier alpha value is -2.54. The molecular formula is C24H24F3N3S. The molecule has 0 spiro atoms. The van der Waals surface area contributed by atoms with Gasteiger partial charge < -0.3 is 4.90 Å². The summed E-state index contributed by atoms with van der Waals surface area (Å²) in [4.78, 5) is 11.2. The molecule has 0 radical (unpaired) electrons. The van der Waals surface area contributed by atoms with Crippen LogP contribution < -0.4 is 4.90 Å². The van der Waals surface area contributed by atoms with Crippen molar-refractivity contribution >= 4 is 23.4 Å². The number of halogens is 3. The molecule has 0 aliphatic heterocycles. The maximum atomic E-state index is 13.7. The molecule has 0 unspecified atom stereocenters. The highest BCUT2D eigenvalue weighted by Crippen LogP contribution is 2.42. The van der Waals surface area contributed by atoms with Gasteiger partial charge in [0.1, 0.15) is 10.6 Å².